The van der Waals surface area contributed by atoms with Gasteiger partial charge in [-0.05, 0) is 56.9 Å². The number of sulfonamides is 1. The topological polar surface area (TPSA) is 97.3 Å². The van der Waals surface area contributed by atoms with Crippen LogP contribution < -0.4 is 5.32 Å². The van der Waals surface area contributed by atoms with E-state index in [4.69, 9.17) is 9.47 Å². The van der Waals surface area contributed by atoms with Crippen LogP contribution in [0.4, 0.5) is 4.79 Å². The fraction of sp³-hybridized carbons (Fsp3) is 0.667. The maximum absolute atomic E-state index is 12.7. The summed E-state index contributed by atoms with van der Waals surface area (Å²) in [6.45, 7) is 6.84. The summed E-state index contributed by atoms with van der Waals surface area (Å²) >= 11 is 0. The molecule has 1 aromatic carbocycles. The summed E-state index contributed by atoms with van der Waals surface area (Å²) in [5.74, 6) is 0.0850. The van der Waals surface area contributed by atoms with Crippen LogP contribution in [0.2, 0.25) is 0 Å². The van der Waals surface area contributed by atoms with Crippen molar-refractivity contribution < 1.29 is 22.7 Å². The molecule has 1 aliphatic heterocycles. The highest BCUT2D eigenvalue weighted by Gasteiger charge is 2.36. The number of hydrogen-bond acceptors (Lipinski definition) is 5. The monoisotopic (exact) mass is 479 g/mol. The molecule has 0 aromatic heterocycles. The highest BCUT2D eigenvalue weighted by atomic mass is 32.2. The third-order valence-corrected chi connectivity index (χ3v) is 7.57. The average Bonchev–Trinajstić information content (AvgIpc) is 2.84. The van der Waals surface area contributed by atoms with Crippen LogP contribution in [0.15, 0.2) is 34.7 Å². The van der Waals surface area contributed by atoms with E-state index < -0.39 is 16.0 Å². The normalized spacial score (nSPS) is 26.0. The Hall–Kier alpha value is -1.97. The highest BCUT2D eigenvalue weighted by Crippen LogP contribution is 2.34. The first-order valence-corrected chi connectivity index (χ1v) is 13.5. The molecule has 2 atom stereocenters. The average molecular weight is 480 g/mol. The Labute approximate surface area is 197 Å². The molecule has 0 bridgehead atoms. The minimum Gasteiger partial charge on any atom is -0.376 e. The zero-order valence-corrected chi connectivity index (χ0v) is 20.3. The van der Waals surface area contributed by atoms with Crippen LogP contribution in [0, 0.1) is 5.92 Å². The molecule has 1 saturated carbocycles. The maximum atomic E-state index is 12.7. The van der Waals surface area contributed by atoms with Crippen LogP contribution in [-0.2, 0) is 19.5 Å². The van der Waals surface area contributed by atoms with Gasteiger partial charge in [0, 0.05) is 25.7 Å². The van der Waals surface area contributed by atoms with Crippen molar-refractivity contribution in [3.63, 3.8) is 0 Å². The Morgan fingerprint density at radius 1 is 1.15 bits per heavy atom. The van der Waals surface area contributed by atoms with E-state index in [-0.39, 0.29) is 30.7 Å². The summed E-state index contributed by atoms with van der Waals surface area (Å²) in [5, 5.41) is 2.89. The lowest BCUT2D eigenvalue weighted by molar-refractivity contribution is -0.0390. The SMILES string of the molecule is C=NS(=O)(=O)COCC1CCCN(C(=O)NCC)[C@@H]1COC1CCC(c2ccccc2)CC1. The smallest absolute Gasteiger partial charge is 0.317 e. The predicted octanol–water partition coefficient (Wildman–Crippen LogP) is 3.54. The van der Waals surface area contributed by atoms with Crippen molar-refractivity contribution in [2.24, 2.45) is 10.3 Å². The van der Waals surface area contributed by atoms with Crippen LogP contribution in [0.3, 0.4) is 0 Å². The Bertz CT molecular complexity index is 856. The summed E-state index contributed by atoms with van der Waals surface area (Å²) in [5.41, 5.74) is 1.40. The first-order valence-electron chi connectivity index (χ1n) is 11.9. The molecular weight excluding hydrogens is 442 g/mol. The molecule has 9 heteroatoms. The zero-order chi connectivity index (χ0) is 23.7. The number of hydrogen-bond donors (Lipinski definition) is 1. The number of nitrogens with zero attached hydrogens (tertiary/aromatic N) is 2. The third kappa shape index (κ3) is 7.52. The van der Waals surface area contributed by atoms with Gasteiger partial charge in [-0.15, -0.1) is 0 Å². The molecule has 1 unspecified atom stereocenters. The van der Waals surface area contributed by atoms with Crippen molar-refractivity contribution in [3.05, 3.63) is 35.9 Å². The number of carbonyl (C=O) groups excluding carboxylic acids is 1. The van der Waals surface area contributed by atoms with Crippen molar-refractivity contribution in [3.8, 4) is 0 Å². The van der Waals surface area contributed by atoms with Gasteiger partial charge in [0.1, 0.15) is 0 Å². The van der Waals surface area contributed by atoms with Gasteiger partial charge >= 0.3 is 6.03 Å². The molecule has 1 N–H and O–H groups in total. The van der Waals surface area contributed by atoms with Crippen molar-refractivity contribution in [2.45, 2.75) is 63.5 Å². The van der Waals surface area contributed by atoms with E-state index in [1.165, 1.54) is 5.56 Å². The van der Waals surface area contributed by atoms with Crippen LogP contribution >= 0.6 is 0 Å². The standard InChI is InChI=1S/C24H37N3O5S/c1-3-26-24(28)27-15-7-10-21(16-31-18-33(29,30)25-2)23(27)17-32-22-13-11-20(12-14-22)19-8-5-4-6-9-19/h4-6,8-9,20-23H,2-3,7,10-18H2,1H3,(H,26,28)/t20?,21?,22?,23-/m1/s1. The zero-order valence-electron chi connectivity index (χ0n) is 19.5. The van der Waals surface area contributed by atoms with Gasteiger partial charge in [0.05, 0.1) is 25.4 Å². The van der Waals surface area contributed by atoms with Gasteiger partial charge in [-0.25, -0.2) is 13.2 Å². The third-order valence-electron chi connectivity index (χ3n) is 6.72. The summed E-state index contributed by atoms with van der Waals surface area (Å²) in [4.78, 5) is 14.5. The Kier molecular flexibility index (Phi) is 9.70. The second kappa shape index (κ2) is 12.5. The quantitative estimate of drug-likeness (QED) is 0.518. The van der Waals surface area contributed by atoms with E-state index >= 15 is 0 Å². The Morgan fingerprint density at radius 3 is 2.55 bits per heavy atom. The summed E-state index contributed by atoms with van der Waals surface area (Å²) in [7, 11) is -3.67. The summed E-state index contributed by atoms with van der Waals surface area (Å²) in [6, 6.07) is 10.4. The molecule has 184 valence electrons. The van der Waals surface area contributed by atoms with Gasteiger partial charge in [0.2, 0.25) is 0 Å². The number of ether oxygens (including phenoxy) is 2. The van der Waals surface area contributed by atoms with E-state index in [0.717, 1.165) is 38.5 Å². The van der Waals surface area contributed by atoms with E-state index in [2.05, 4.69) is 40.7 Å². The molecule has 2 fully saturated rings. The molecule has 2 aliphatic rings. The molecule has 3 rings (SSSR count). The van der Waals surface area contributed by atoms with Gasteiger partial charge in [-0.1, -0.05) is 30.3 Å². The van der Waals surface area contributed by atoms with Crippen molar-refractivity contribution >= 4 is 22.8 Å². The van der Waals surface area contributed by atoms with Crippen LogP contribution in [0.5, 0.6) is 0 Å². The van der Waals surface area contributed by atoms with Gasteiger partial charge in [0.15, 0.2) is 5.94 Å². The molecule has 0 radical (unpaired) electrons. The number of piperidine rings is 1. The molecule has 1 heterocycles. The fourth-order valence-electron chi connectivity index (χ4n) is 4.93. The van der Waals surface area contributed by atoms with Gasteiger partial charge in [-0.3, -0.25) is 0 Å². The van der Waals surface area contributed by atoms with Crippen molar-refractivity contribution in [1.82, 2.24) is 10.2 Å². The first-order chi connectivity index (χ1) is 15.9. The predicted molar refractivity (Wildman–Crippen MR) is 129 cm³/mol. The molecule has 1 aliphatic carbocycles. The van der Waals surface area contributed by atoms with Crippen LogP contribution in [0.25, 0.3) is 0 Å². The molecule has 0 spiro atoms. The number of urea groups is 1. The van der Waals surface area contributed by atoms with E-state index in [9.17, 15) is 13.2 Å². The minimum atomic E-state index is -3.67. The molecule has 1 aromatic rings. The van der Waals surface area contributed by atoms with E-state index in [0.29, 0.717) is 25.6 Å². The number of likely N-dealkylation sites (tertiary alicyclic amines) is 1. The highest BCUT2D eigenvalue weighted by molar-refractivity contribution is 7.90. The largest absolute Gasteiger partial charge is 0.376 e. The Morgan fingerprint density at radius 2 is 1.88 bits per heavy atom. The number of benzene rings is 1. The number of rotatable bonds is 10. The number of carbonyl (C=O) groups is 1. The fourth-order valence-corrected chi connectivity index (χ4v) is 5.31. The minimum absolute atomic E-state index is 0.00188. The van der Waals surface area contributed by atoms with Gasteiger partial charge in [-0.2, -0.15) is 4.40 Å². The second-order valence-electron chi connectivity index (χ2n) is 8.92. The van der Waals surface area contributed by atoms with E-state index in [1.807, 2.05) is 17.9 Å². The van der Waals surface area contributed by atoms with E-state index in [1.54, 1.807) is 0 Å². The molecule has 8 nitrogen and oxygen atoms in total. The second-order valence-corrected chi connectivity index (χ2v) is 10.6. The molecule has 2 amide bonds. The lowest BCUT2D eigenvalue weighted by Gasteiger charge is -2.42. The van der Waals surface area contributed by atoms with Gasteiger partial charge in [0.25, 0.3) is 10.0 Å². The summed E-state index contributed by atoms with van der Waals surface area (Å²) < 4.78 is 38.1. The van der Waals surface area contributed by atoms with Crippen LogP contribution in [0.1, 0.15) is 56.9 Å². The maximum Gasteiger partial charge on any atom is 0.317 e. The lowest BCUT2D eigenvalue weighted by atomic mass is 9.82. The van der Waals surface area contributed by atoms with Crippen LogP contribution in [-0.4, -0.2) is 70.5 Å². The van der Waals surface area contributed by atoms with Crippen molar-refractivity contribution in [2.75, 3.05) is 32.2 Å². The lowest BCUT2D eigenvalue weighted by Crippen LogP contribution is -2.55. The molecule has 1 saturated heterocycles. The number of amides is 2. The first kappa shape index (κ1) is 25.6. The van der Waals surface area contributed by atoms with Gasteiger partial charge < -0.3 is 19.7 Å². The summed E-state index contributed by atoms with van der Waals surface area (Å²) in [6.07, 6.45) is 6.06. The molecule has 33 heavy (non-hydrogen) atoms. The molecular formula is C24H37N3O5S. The Balaban J connectivity index is 1.57. The van der Waals surface area contributed by atoms with Crippen molar-refractivity contribution in [1.29, 1.82) is 0 Å². The number of nitrogens with one attached hydrogen (secondary N) is 1.